The number of fused-ring (bicyclic) bond motifs is 1. The van der Waals surface area contributed by atoms with Gasteiger partial charge in [-0.15, -0.1) is 5.10 Å². The minimum Gasteiger partial charge on any atom is -0.304 e. The van der Waals surface area contributed by atoms with Crippen molar-refractivity contribution in [3.05, 3.63) is 11.9 Å². The third-order valence-electron chi connectivity index (χ3n) is 4.43. The average Bonchev–Trinajstić information content (AvgIpc) is 2.83. The molecule has 0 spiro atoms. The van der Waals surface area contributed by atoms with Crippen LogP contribution in [0.5, 0.6) is 0 Å². The van der Waals surface area contributed by atoms with Crippen molar-refractivity contribution in [2.75, 3.05) is 0 Å². The Kier molecular flexibility index (Phi) is 3.16. The summed E-state index contributed by atoms with van der Waals surface area (Å²) in [7, 11) is 1.77. The number of carbonyl (C=O) groups excluding carboxylic acids is 1. The van der Waals surface area contributed by atoms with Crippen molar-refractivity contribution in [1.29, 1.82) is 0 Å². The summed E-state index contributed by atoms with van der Waals surface area (Å²) in [5.41, 5.74) is 0.613. The molecule has 2 fully saturated rings. The van der Waals surface area contributed by atoms with Crippen LogP contribution in [0, 0.1) is 5.92 Å². The van der Waals surface area contributed by atoms with Gasteiger partial charge in [0, 0.05) is 13.1 Å². The van der Waals surface area contributed by atoms with E-state index in [4.69, 9.17) is 0 Å². The average molecular weight is 248 g/mol. The summed E-state index contributed by atoms with van der Waals surface area (Å²) in [6, 6.07) is 0.504. The fourth-order valence-corrected chi connectivity index (χ4v) is 3.39. The molecule has 3 atom stereocenters. The largest absolute Gasteiger partial charge is 0.304 e. The predicted molar refractivity (Wildman–Crippen MR) is 67.2 cm³/mol. The molecule has 18 heavy (non-hydrogen) atoms. The Hall–Kier alpha value is -1.23. The zero-order valence-electron chi connectivity index (χ0n) is 10.8. The van der Waals surface area contributed by atoms with Gasteiger partial charge in [-0.25, -0.2) is 4.68 Å². The van der Waals surface area contributed by atoms with Gasteiger partial charge in [-0.2, -0.15) is 0 Å². The number of rotatable bonds is 2. The van der Waals surface area contributed by atoms with Crippen LogP contribution in [0.2, 0.25) is 0 Å². The monoisotopic (exact) mass is 248 g/mol. The molecule has 1 saturated carbocycles. The number of carbonyl (C=O) groups is 1. The summed E-state index contributed by atoms with van der Waals surface area (Å²) in [5, 5.41) is 11.2. The van der Waals surface area contributed by atoms with Gasteiger partial charge in [-0.1, -0.05) is 18.1 Å². The summed E-state index contributed by atoms with van der Waals surface area (Å²) in [6.07, 6.45) is 8.89. The number of nitrogens with zero attached hydrogens (tertiary/aromatic N) is 3. The smallest absolute Gasteiger partial charge is 0.199 e. The van der Waals surface area contributed by atoms with Gasteiger partial charge in [-0.05, 0) is 31.6 Å². The SMILES string of the molecule is Cn1nncc1C(=O)C1CCC2CCCCC2N1. The Labute approximate surface area is 107 Å². The standard InChI is InChI=1S/C13H20N4O/c1-17-12(8-14-16-17)13(18)11-7-6-9-4-2-3-5-10(9)15-11/h8-11,15H,2-7H2,1H3. The fraction of sp³-hybridized carbons (Fsp3) is 0.769. The Morgan fingerprint density at radius 2 is 2.17 bits per heavy atom. The van der Waals surface area contributed by atoms with Crippen molar-refractivity contribution < 1.29 is 4.79 Å². The Balaban J connectivity index is 1.70. The lowest BCUT2D eigenvalue weighted by atomic mass is 9.77. The van der Waals surface area contributed by atoms with Crippen LogP contribution >= 0.6 is 0 Å². The van der Waals surface area contributed by atoms with Crippen LogP contribution in [0.3, 0.4) is 0 Å². The van der Waals surface area contributed by atoms with Crippen molar-refractivity contribution in [2.45, 2.75) is 50.6 Å². The van der Waals surface area contributed by atoms with E-state index >= 15 is 0 Å². The number of hydrogen-bond acceptors (Lipinski definition) is 4. The highest BCUT2D eigenvalue weighted by atomic mass is 16.1. The van der Waals surface area contributed by atoms with E-state index in [0.717, 1.165) is 12.3 Å². The van der Waals surface area contributed by atoms with E-state index < -0.39 is 0 Å². The van der Waals surface area contributed by atoms with E-state index in [1.54, 1.807) is 17.9 Å². The number of nitrogens with one attached hydrogen (secondary N) is 1. The number of aromatic nitrogens is 3. The molecule has 0 amide bonds. The predicted octanol–water partition coefficient (Wildman–Crippen LogP) is 1.31. The number of ketones is 1. The lowest BCUT2D eigenvalue weighted by Gasteiger charge is -2.39. The summed E-state index contributed by atoms with van der Waals surface area (Å²) in [5.74, 6) is 0.930. The molecular weight excluding hydrogens is 228 g/mol. The molecule has 1 N–H and O–H groups in total. The van der Waals surface area contributed by atoms with Crippen LogP contribution in [0.15, 0.2) is 6.20 Å². The lowest BCUT2D eigenvalue weighted by Crippen LogP contribution is -2.52. The van der Waals surface area contributed by atoms with Crippen LogP contribution in [-0.2, 0) is 7.05 Å². The molecule has 98 valence electrons. The summed E-state index contributed by atoms with van der Waals surface area (Å²) in [6.45, 7) is 0. The normalized spacial score (nSPS) is 31.9. The van der Waals surface area contributed by atoms with Crippen molar-refractivity contribution >= 4 is 5.78 Å². The van der Waals surface area contributed by atoms with E-state index in [0.29, 0.717) is 11.7 Å². The molecule has 1 aliphatic heterocycles. The summed E-state index contributed by atoms with van der Waals surface area (Å²) in [4.78, 5) is 12.4. The number of Topliss-reactive ketones (excluding diaryl/α,β-unsaturated/α-hetero) is 1. The molecule has 0 radical (unpaired) electrons. The highest BCUT2D eigenvalue weighted by molar-refractivity contribution is 5.98. The van der Waals surface area contributed by atoms with Gasteiger partial charge in [0.1, 0.15) is 5.69 Å². The molecule has 3 unspecified atom stereocenters. The lowest BCUT2D eigenvalue weighted by molar-refractivity contribution is 0.0852. The van der Waals surface area contributed by atoms with Crippen molar-refractivity contribution in [3.63, 3.8) is 0 Å². The van der Waals surface area contributed by atoms with Crippen LogP contribution in [-0.4, -0.2) is 32.9 Å². The highest BCUT2D eigenvalue weighted by Gasteiger charge is 2.35. The Bertz CT molecular complexity index is 442. The second-order valence-corrected chi connectivity index (χ2v) is 5.55. The van der Waals surface area contributed by atoms with Crippen LogP contribution in [0.1, 0.15) is 49.0 Å². The zero-order chi connectivity index (χ0) is 12.5. The summed E-state index contributed by atoms with van der Waals surface area (Å²) < 4.78 is 1.57. The number of piperidine rings is 1. The molecule has 2 heterocycles. The quantitative estimate of drug-likeness (QED) is 0.802. The van der Waals surface area contributed by atoms with Crippen LogP contribution in [0.25, 0.3) is 0 Å². The maximum absolute atomic E-state index is 12.4. The van der Waals surface area contributed by atoms with Gasteiger partial charge in [0.2, 0.25) is 0 Å². The van der Waals surface area contributed by atoms with E-state index in [9.17, 15) is 4.79 Å². The van der Waals surface area contributed by atoms with Crippen molar-refractivity contribution in [2.24, 2.45) is 13.0 Å². The Morgan fingerprint density at radius 3 is 2.94 bits per heavy atom. The maximum atomic E-state index is 12.4. The van der Waals surface area contributed by atoms with Crippen molar-refractivity contribution in [1.82, 2.24) is 20.3 Å². The first kappa shape index (κ1) is 11.8. The molecule has 1 aliphatic carbocycles. The van der Waals surface area contributed by atoms with Crippen molar-refractivity contribution in [3.8, 4) is 0 Å². The molecule has 5 nitrogen and oxygen atoms in total. The second-order valence-electron chi connectivity index (χ2n) is 5.55. The third kappa shape index (κ3) is 2.07. The first-order valence-corrected chi connectivity index (χ1v) is 6.90. The second kappa shape index (κ2) is 4.80. The van der Waals surface area contributed by atoms with E-state index in [-0.39, 0.29) is 11.8 Å². The molecule has 1 saturated heterocycles. The van der Waals surface area contributed by atoms with Crippen LogP contribution in [0.4, 0.5) is 0 Å². The van der Waals surface area contributed by atoms with Gasteiger partial charge < -0.3 is 5.32 Å². The summed E-state index contributed by atoms with van der Waals surface area (Å²) >= 11 is 0. The molecule has 5 heteroatoms. The molecule has 0 bridgehead atoms. The topological polar surface area (TPSA) is 59.8 Å². The van der Waals surface area contributed by atoms with Crippen LogP contribution < -0.4 is 5.32 Å². The number of aryl methyl sites for hydroxylation is 1. The maximum Gasteiger partial charge on any atom is 0.199 e. The molecule has 3 rings (SSSR count). The van der Waals surface area contributed by atoms with Gasteiger partial charge >= 0.3 is 0 Å². The van der Waals surface area contributed by atoms with E-state index in [1.807, 2.05) is 0 Å². The first-order valence-electron chi connectivity index (χ1n) is 6.90. The minimum atomic E-state index is -0.0402. The molecule has 1 aromatic heterocycles. The Morgan fingerprint density at radius 1 is 1.33 bits per heavy atom. The van der Waals surface area contributed by atoms with Gasteiger partial charge in [-0.3, -0.25) is 4.79 Å². The van der Waals surface area contributed by atoms with E-state index in [2.05, 4.69) is 15.6 Å². The third-order valence-corrected chi connectivity index (χ3v) is 4.43. The fourth-order valence-electron chi connectivity index (χ4n) is 3.39. The first-order chi connectivity index (χ1) is 8.75. The van der Waals surface area contributed by atoms with Gasteiger partial charge in [0.05, 0.1) is 12.2 Å². The van der Waals surface area contributed by atoms with E-state index in [1.165, 1.54) is 32.1 Å². The molecule has 1 aromatic rings. The minimum absolute atomic E-state index is 0.0402. The van der Waals surface area contributed by atoms with Gasteiger partial charge in [0.15, 0.2) is 5.78 Å². The zero-order valence-corrected chi connectivity index (χ0v) is 10.8. The molecule has 2 aliphatic rings. The molecule has 0 aromatic carbocycles. The highest BCUT2D eigenvalue weighted by Crippen LogP contribution is 2.32. The number of hydrogen-bond donors (Lipinski definition) is 1. The molecular formula is C13H20N4O. The van der Waals surface area contributed by atoms with Gasteiger partial charge in [0.25, 0.3) is 0 Å².